The van der Waals surface area contributed by atoms with E-state index in [9.17, 15) is 14.9 Å². The number of likely N-dealkylation sites (N-methyl/N-ethyl adjacent to an activating group) is 1. The Labute approximate surface area is 157 Å². The van der Waals surface area contributed by atoms with Crippen molar-refractivity contribution in [2.45, 2.75) is 6.54 Å². The molecule has 1 aliphatic rings. The van der Waals surface area contributed by atoms with Gasteiger partial charge in [0.25, 0.3) is 5.69 Å². The van der Waals surface area contributed by atoms with Crippen molar-refractivity contribution < 1.29 is 9.72 Å². The van der Waals surface area contributed by atoms with Crippen LogP contribution in [0.25, 0.3) is 0 Å². The van der Waals surface area contributed by atoms with E-state index in [0.29, 0.717) is 12.2 Å². The highest BCUT2D eigenvalue weighted by Crippen LogP contribution is 2.16. The molecule has 0 aliphatic carbocycles. The van der Waals surface area contributed by atoms with Gasteiger partial charge in [-0.15, -0.1) is 0 Å². The Bertz CT molecular complexity index is 786. The number of piperazine rings is 1. The van der Waals surface area contributed by atoms with Crippen molar-refractivity contribution in [3.05, 3.63) is 58.3 Å². The lowest BCUT2D eigenvalue weighted by molar-refractivity contribution is -0.384. The highest BCUT2D eigenvalue weighted by Gasteiger charge is 2.15. The van der Waals surface area contributed by atoms with Gasteiger partial charge >= 0.3 is 6.03 Å². The number of aromatic nitrogens is 1. The number of amides is 2. The number of nitro groups is 1. The topological polar surface area (TPSA) is 104 Å². The lowest BCUT2D eigenvalue weighted by Gasteiger charge is -2.33. The second kappa shape index (κ2) is 8.45. The summed E-state index contributed by atoms with van der Waals surface area (Å²) in [6.45, 7) is 4.30. The van der Waals surface area contributed by atoms with E-state index < -0.39 is 4.92 Å². The molecule has 0 saturated carbocycles. The second-order valence-electron chi connectivity index (χ2n) is 6.43. The maximum Gasteiger partial charge on any atom is 0.319 e. The predicted octanol–water partition coefficient (Wildman–Crippen LogP) is 2.06. The summed E-state index contributed by atoms with van der Waals surface area (Å²) in [5.74, 6) is 0.946. The first-order valence-corrected chi connectivity index (χ1v) is 8.69. The first-order chi connectivity index (χ1) is 13.0. The van der Waals surface area contributed by atoms with E-state index in [1.165, 1.54) is 24.3 Å². The van der Waals surface area contributed by atoms with E-state index in [4.69, 9.17) is 0 Å². The van der Waals surface area contributed by atoms with Crippen LogP contribution >= 0.6 is 0 Å². The second-order valence-corrected chi connectivity index (χ2v) is 6.43. The fraction of sp³-hybridized carbons (Fsp3) is 0.333. The van der Waals surface area contributed by atoms with Gasteiger partial charge in [0, 0.05) is 56.7 Å². The molecule has 2 N–H and O–H groups in total. The van der Waals surface area contributed by atoms with Crippen LogP contribution in [0, 0.1) is 10.1 Å². The van der Waals surface area contributed by atoms with E-state index in [0.717, 1.165) is 37.6 Å². The molecule has 3 rings (SSSR count). The fourth-order valence-corrected chi connectivity index (χ4v) is 2.77. The molecule has 1 saturated heterocycles. The van der Waals surface area contributed by atoms with Crippen molar-refractivity contribution in [2.24, 2.45) is 0 Å². The van der Waals surface area contributed by atoms with E-state index >= 15 is 0 Å². The molecule has 0 spiro atoms. The van der Waals surface area contributed by atoms with Crippen LogP contribution in [0.15, 0.2) is 42.6 Å². The predicted molar refractivity (Wildman–Crippen MR) is 103 cm³/mol. The fourth-order valence-electron chi connectivity index (χ4n) is 2.77. The van der Waals surface area contributed by atoms with Gasteiger partial charge in [-0.05, 0) is 30.8 Å². The highest BCUT2D eigenvalue weighted by molar-refractivity contribution is 5.89. The van der Waals surface area contributed by atoms with Crippen LogP contribution in [-0.4, -0.2) is 54.1 Å². The van der Waals surface area contributed by atoms with Crippen LogP contribution in [0.2, 0.25) is 0 Å². The van der Waals surface area contributed by atoms with E-state index in [-0.39, 0.29) is 11.7 Å². The number of non-ortho nitro benzene ring substituents is 1. The van der Waals surface area contributed by atoms with Crippen LogP contribution in [0.3, 0.4) is 0 Å². The zero-order valence-corrected chi connectivity index (χ0v) is 15.1. The Morgan fingerprint density at radius 1 is 1.15 bits per heavy atom. The molecule has 9 heteroatoms. The van der Waals surface area contributed by atoms with E-state index in [1.807, 2.05) is 12.1 Å². The summed E-state index contributed by atoms with van der Waals surface area (Å²) in [4.78, 5) is 31.1. The van der Waals surface area contributed by atoms with Crippen LogP contribution in [-0.2, 0) is 6.54 Å². The maximum atomic E-state index is 12.0. The van der Waals surface area contributed by atoms with Crippen molar-refractivity contribution >= 4 is 23.2 Å². The third kappa shape index (κ3) is 5.14. The molecule has 0 unspecified atom stereocenters. The van der Waals surface area contributed by atoms with Crippen molar-refractivity contribution in [3.63, 3.8) is 0 Å². The Morgan fingerprint density at radius 3 is 2.44 bits per heavy atom. The summed E-state index contributed by atoms with van der Waals surface area (Å²) in [6.07, 6.45) is 1.76. The van der Waals surface area contributed by atoms with Gasteiger partial charge in [-0.3, -0.25) is 10.1 Å². The Hall–Kier alpha value is -3.20. The number of urea groups is 1. The van der Waals surface area contributed by atoms with E-state index in [2.05, 4.69) is 32.5 Å². The zero-order valence-electron chi connectivity index (χ0n) is 15.1. The van der Waals surface area contributed by atoms with Crippen LogP contribution in [0.4, 0.5) is 22.0 Å². The smallest absolute Gasteiger partial charge is 0.319 e. The molecule has 1 aliphatic heterocycles. The summed E-state index contributed by atoms with van der Waals surface area (Å²) in [5.41, 5.74) is 1.36. The lowest BCUT2D eigenvalue weighted by Crippen LogP contribution is -2.44. The van der Waals surface area contributed by atoms with Gasteiger partial charge in [0.05, 0.1) is 4.92 Å². The molecular formula is C18H22N6O3. The number of nitrogens with one attached hydrogen (secondary N) is 2. The number of nitro benzene ring substituents is 1. The first kappa shape index (κ1) is 18.6. The summed E-state index contributed by atoms with van der Waals surface area (Å²) in [7, 11) is 2.11. The van der Waals surface area contributed by atoms with Gasteiger partial charge in [-0.25, -0.2) is 9.78 Å². The molecule has 0 bridgehead atoms. The number of carbonyl (C=O) groups is 1. The Balaban J connectivity index is 1.47. The van der Waals surface area contributed by atoms with Crippen molar-refractivity contribution in [3.8, 4) is 0 Å². The molecule has 9 nitrogen and oxygen atoms in total. The Kier molecular flexibility index (Phi) is 5.82. The molecule has 27 heavy (non-hydrogen) atoms. The maximum absolute atomic E-state index is 12.0. The molecule has 1 aromatic carbocycles. The highest BCUT2D eigenvalue weighted by atomic mass is 16.6. The molecule has 1 fully saturated rings. The van der Waals surface area contributed by atoms with Crippen LogP contribution in [0.1, 0.15) is 5.56 Å². The number of pyridine rings is 1. The quantitative estimate of drug-likeness (QED) is 0.617. The number of carbonyl (C=O) groups excluding carboxylic acids is 1. The molecular weight excluding hydrogens is 348 g/mol. The van der Waals surface area contributed by atoms with Gasteiger partial charge in [-0.1, -0.05) is 6.07 Å². The minimum Gasteiger partial charge on any atom is -0.354 e. The summed E-state index contributed by atoms with van der Waals surface area (Å²) < 4.78 is 0. The molecule has 2 aromatic rings. The molecule has 1 aromatic heterocycles. The SMILES string of the molecule is CN1CCN(c2ccc(CNC(=O)Nc3ccc([N+](=O)[O-])cc3)cn2)CC1. The number of rotatable bonds is 5. The average Bonchev–Trinajstić information content (AvgIpc) is 2.68. The Morgan fingerprint density at radius 2 is 1.85 bits per heavy atom. The number of nitrogens with zero attached hydrogens (tertiary/aromatic N) is 4. The first-order valence-electron chi connectivity index (χ1n) is 8.69. The third-order valence-corrected chi connectivity index (χ3v) is 4.43. The minimum absolute atomic E-state index is 0.0209. The van der Waals surface area contributed by atoms with E-state index in [1.54, 1.807) is 6.20 Å². The van der Waals surface area contributed by atoms with Gasteiger partial charge in [-0.2, -0.15) is 0 Å². The van der Waals surface area contributed by atoms with Crippen molar-refractivity contribution in [2.75, 3.05) is 43.4 Å². The number of anilines is 2. The summed E-state index contributed by atoms with van der Waals surface area (Å²) >= 11 is 0. The normalized spacial score (nSPS) is 14.6. The van der Waals surface area contributed by atoms with Crippen molar-refractivity contribution in [1.29, 1.82) is 0 Å². The molecule has 0 radical (unpaired) electrons. The van der Waals surface area contributed by atoms with Crippen LogP contribution < -0.4 is 15.5 Å². The number of hydrogen-bond donors (Lipinski definition) is 2. The number of benzene rings is 1. The van der Waals surface area contributed by atoms with Gasteiger partial charge in [0.2, 0.25) is 0 Å². The summed E-state index contributed by atoms with van der Waals surface area (Å²) in [6, 6.07) is 9.21. The zero-order chi connectivity index (χ0) is 19.2. The van der Waals surface area contributed by atoms with Gasteiger partial charge in [0.15, 0.2) is 0 Å². The summed E-state index contributed by atoms with van der Waals surface area (Å²) in [5, 5.41) is 16.0. The average molecular weight is 370 g/mol. The largest absolute Gasteiger partial charge is 0.354 e. The minimum atomic E-state index is -0.483. The molecule has 142 valence electrons. The van der Waals surface area contributed by atoms with Gasteiger partial charge in [0.1, 0.15) is 5.82 Å². The standard InChI is InChI=1S/C18H22N6O3/c1-22-8-10-23(11-9-22)17-7-2-14(12-19-17)13-20-18(25)21-15-3-5-16(6-4-15)24(26)27/h2-7,12H,8-11,13H2,1H3,(H2,20,21,25). The molecule has 2 amide bonds. The van der Waals surface area contributed by atoms with Crippen molar-refractivity contribution in [1.82, 2.24) is 15.2 Å². The molecule has 2 heterocycles. The van der Waals surface area contributed by atoms with Gasteiger partial charge < -0.3 is 20.4 Å². The monoisotopic (exact) mass is 370 g/mol. The van der Waals surface area contributed by atoms with Crippen LogP contribution in [0.5, 0.6) is 0 Å². The third-order valence-electron chi connectivity index (χ3n) is 4.43. The molecule has 0 atom stereocenters. The number of hydrogen-bond acceptors (Lipinski definition) is 6. The lowest BCUT2D eigenvalue weighted by atomic mass is 10.2.